The van der Waals surface area contributed by atoms with Crippen molar-refractivity contribution in [1.82, 2.24) is 0 Å². The molecule has 1 aromatic rings. The molecule has 86 valence electrons. The van der Waals surface area contributed by atoms with E-state index >= 15 is 0 Å². The first kappa shape index (κ1) is 12.5. The fourth-order valence-electron chi connectivity index (χ4n) is 1.19. The number of carboxylic acids is 1. The van der Waals surface area contributed by atoms with Crippen molar-refractivity contribution in [3.8, 4) is 0 Å². The fraction of sp³-hybridized carbons (Fsp3) is 0.273. The third-order valence-corrected chi connectivity index (χ3v) is 2.26. The van der Waals surface area contributed by atoms with Crippen LogP contribution < -0.4 is 5.32 Å². The van der Waals surface area contributed by atoms with E-state index in [0.29, 0.717) is 10.7 Å². The van der Waals surface area contributed by atoms with Crippen LogP contribution in [0.1, 0.15) is 13.3 Å². The molecule has 0 spiro atoms. The average Bonchev–Trinajstić information content (AvgIpc) is 2.16. The maximum atomic E-state index is 11.5. The Morgan fingerprint density at radius 2 is 2.19 bits per heavy atom. The highest BCUT2D eigenvalue weighted by Crippen LogP contribution is 2.16. The minimum absolute atomic E-state index is 0.188. The molecule has 0 aliphatic carbocycles. The minimum Gasteiger partial charge on any atom is -0.481 e. The molecule has 0 aliphatic heterocycles. The zero-order chi connectivity index (χ0) is 12.1. The fourth-order valence-corrected chi connectivity index (χ4v) is 1.38. The largest absolute Gasteiger partial charge is 0.481 e. The smallest absolute Gasteiger partial charge is 0.304 e. The van der Waals surface area contributed by atoms with Gasteiger partial charge in [-0.1, -0.05) is 24.6 Å². The van der Waals surface area contributed by atoms with Crippen LogP contribution in [0, 0.1) is 5.92 Å². The molecule has 4 nitrogen and oxygen atoms in total. The Balaban J connectivity index is 2.60. The van der Waals surface area contributed by atoms with Crippen LogP contribution in [0.15, 0.2) is 24.3 Å². The molecule has 1 rings (SSSR count). The van der Waals surface area contributed by atoms with Crippen molar-refractivity contribution in [3.05, 3.63) is 29.3 Å². The van der Waals surface area contributed by atoms with E-state index in [9.17, 15) is 9.59 Å². The summed E-state index contributed by atoms with van der Waals surface area (Å²) in [4.78, 5) is 22.0. The maximum Gasteiger partial charge on any atom is 0.304 e. The van der Waals surface area contributed by atoms with E-state index in [1.807, 2.05) is 0 Å². The molecule has 0 aromatic heterocycles. The first-order valence-electron chi connectivity index (χ1n) is 4.77. The van der Waals surface area contributed by atoms with Gasteiger partial charge in [-0.05, 0) is 18.2 Å². The molecule has 16 heavy (non-hydrogen) atoms. The van der Waals surface area contributed by atoms with Gasteiger partial charge >= 0.3 is 5.97 Å². The van der Waals surface area contributed by atoms with Gasteiger partial charge in [0.15, 0.2) is 0 Å². The number of carboxylic acid groups (broad SMARTS) is 1. The van der Waals surface area contributed by atoms with Gasteiger partial charge in [-0.15, -0.1) is 0 Å². The molecule has 5 heteroatoms. The molecule has 1 aromatic carbocycles. The molecular weight excluding hydrogens is 230 g/mol. The van der Waals surface area contributed by atoms with Gasteiger partial charge in [0, 0.05) is 16.6 Å². The van der Waals surface area contributed by atoms with Crippen molar-refractivity contribution < 1.29 is 14.7 Å². The first-order valence-corrected chi connectivity index (χ1v) is 5.15. The van der Waals surface area contributed by atoms with Crippen molar-refractivity contribution >= 4 is 29.2 Å². The van der Waals surface area contributed by atoms with E-state index in [-0.39, 0.29) is 12.3 Å². The molecule has 0 saturated heterocycles. The standard InChI is InChI=1S/C11H12ClNO3/c1-7(5-10(14)15)11(16)13-9-4-2-3-8(12)6-9/h2-4,6-7H,5H2,1H3,(H,13,16)(H,14,15). The van der Waals surface area contributed by atoms with Gasteiger partial charge in [-0.3, -0.25) is 9.59 Å². The van der Waals surface area contributed by atoms with Crippen LogP contribution >= 0.6 is 11.6 Å². The van der Waals surface area contributed by atoms with Crippen LogP contribution in [0.5, 0.6) is 0 Å². The Morgan fingerprint density at radius 1 is 1.50 bits per heavy atom. The summed E-state index contributed by atoms with van der Waals surface area (Å²) >= 11 is 5.75. The zero-order valence-corrected chi connectivity index (χ0v) is 9.49. The van der Waals surface area contributed by atoms with Gasteiger partial charge in [-0.25, -0.2) is 0 Å². The van der Waals surface area contributed by atoms with E-state index in [1.54, 1.807) is 31.2 Å². The van der Waals surface area contributed by atoms with E-state index in [4.69, 9.17) is 16.7 Å². The number of hydrogen-bond donors (Lipinski definition) is 2. The number of aliphatic carboxylic acids is 1. The highest BCUT2D eigenvalue weighted by atomic mass is 35.5. The Labute approximate surface area is 98.2 Å². The Morgan fingerprint density at radius 3 is 2.75 bits per heavy atom. The van der Waals surface area contributed by atoms with Gasteiger partial charge in [0.25, 0.3) is 0 Å². The molecule has 0 fully saturated rings. The van der Waals surface area contributed by atoms with Crippen LogP contribution in [0.4, 0.5) is 5.69 Å². The topological polar surface area (TPSA) is 66.4 Å². The molecular formula is C11H12ClNO3. The molecule has 0 heterocycles. The normalized spacial score (nSPS) is 11.9. The van der Waals surface area contributed by atoms with Gasteiger partial charge in [0.2, 0.25) is 5.91 Å². The molecule has 0 saturated carbocycles. The Bertz CT molecular complexity index is 406. The minimum atomic E-state index is -0.992. The van der Waals surface area contributed by atoms with E-state index < -0.39 is 11.9 Å². The number of carbonyl (C=O) groups excluding carboxylic acids is 1. The molecule has 1 amide bonds. The van der Waals surface area contributed by atoms with Crippen molar-refractivity contribution in [3.63, 3.8) is 0 Å². The summed E-state index contributed by atoms with van der Waals surface area (Å²) in [5.74, 6) is -1.89. The molecule has 0 radical (unpaired) electrons. The third-order valence-electron chi connectivity index (χ3n) is 2.02. The summed E-state index contributed by atoms with van der Waals surface area (Å²) in [6, 6.07) is 6.70. The predicted molar refractivity (Wildman–Crippen MR) is 61.5 cm³/mol. The zero-order valence-electron chi connectivity index (χ0n) is 8.74. The lowest BCUT2D eigenvalue weighted by atomic mass is 10.1. The van der Waals surface area contributed by atoms with Crippen molar-refractivity contribution in [2.24, 2.45) is 5.92 Å². The number of benzene rings is 1. The third kappa shape index (κ3) is 3.90. The van der Waals surface area contributed by atoms with Gasteiger partial charge in [0.1, 0.15) is 0 Å². The number of rotatable bonds is 4. The first-order chi connectivity index (χ1) is 7.49. The Kier molecular flexibility index (Phi) is 4.31. The van der Waals surface area contributed by atoms with Crippen LogP contribution in [-0.4, -0.2) is 17.0 Å². The summed E-state index contributed by atoms with van der Waals surface area (Å²) < 4.78 is 0. The number of anilines is 1. The second-order valence-electron chi connectivity index (χ2n) is 3.50. The molecule has 0 aliphatic rings. The van der Waals surface area contributed by atoms with Crippen molar-refractivity contribution in [1.29, 1.82) is 0 Å². The average molecular weight is 242 g/mol. The SMILES string of the molecule is CC(CC(=O)O)C(=O)Nc1cccc(Cl)c1. The van der Waals surface area contributed by atoms with Crippen LogP contribution in [0.3, 0.4) is 0 Å². The van der Waals surface area contributed by atoms with Gasteiger partial charge in [0.05, 0.1) is 6.42 Å². The quantitative estimate of drug-likeness (QED) is 0.851. The Hall–Kier alpha value is -1.55. The van der Waals surface area contributed by atoms with Crippen LogP contribution in [0.25, 0.3) is 0 Å². The summed E-state index contributed by atoms with van der Waals surface area (Å²) in [6.45, 7) is 1.56. The number of carbonyl (C=O) groups is 2. The number of nitrogens with one attached hydrogen (secondary N) is 1. The molecule has 0 bridgehead atoms. The lowest BCUT2D eigenvalue weighted by Crippen LogP contribution is -2.22. The van der Waals surface area contributed by atoms with E-state index in [0.717, 1.165) is 0 Å². The second kappa shape index (κ2) is 5.51. The van der Waals surface area contributed by atoms with Gasteiger partial charge in [-0.2, -0.15) is 0 Å². The lowest BCUT2D eigenvalue weighted by molar-refractivity contribution is -0.139. The summed E-state index contributed by atoms with van der Waals surface area (Å²) in [5, 5.41) is 11.7. The summed E-state index contributed by atoms with van der Waals surface area (Å²) in [5.41, 5.74) is 0.565. The summed E-state index contributed by atoms with van der Waals surface area (Å²) in [6.07, 6.45) is -0.188. The summed E-state index contributed by atoms with van der Waals surface area (Å²) in [7, 11) is 0. The monoisotopic (exact) mass is 241 g/mol. The maximum absolute atomic E-state index is 11.5. The van der Waals surface area contributed by atoms with Crippen molar-refractivity contribution in [2.75, 3.05) is 5.32 Å². The number of hydrogen-bond acceptors (Lipinski definition) is 2. The lowest BCUT2D eigenvalue weighted by Gasteiger charge is -2.10. The van der Waals surface area contributed by atoms with Crippen LogP contribution in [0.2, 0.25) is 5.02 Å². The predicted octanol–water partition coefficient (Wildman–Crippen LogP) is 2.39. The highest BCUT2D eigenvalue weighted by molar-refractivity contribution is 6.30. The van der Waals surface area contributed by atoms with E-state index in [1.165, 1.54) is 0 Å². The molecule has 1 unspecified atom stereocenters. The second-order valence-corrected chi connectivity index (χ2v) is 3.93. The molecule has 1 atom stereocenters. The number of halogens is 1. The van der Waals surface area contributed by atoms with Crippen molar-refractivity contribution in [2.45, 2.75) is 13.3 Å². The molecule has 2 N–H and O–H groups in total. The van der Waals surface area contributed by atoms with E-state index in [2.05, 4.69) is 5.32 Å². The van der Waals surface area contributed by atoms with Gasteiger partial charge < -0.3 is 10.4 Å². The number of amides is 1. The van der Waals surface area contributed by atoms with Crippen LogP contribution in [-0.2, 0) is 9.59 Å². The highest BCUT2D eigenvalue weighted by Gasteiger charge is 2.16.